The second kappa shape index (κ2) is 6.43. The van der Waals surface area contributed by atoms with Gasteiger partial charge in [-0.1, -0.05) is 22.0 Å². The second-order valence-electron chi connectivity index (χ2n) is 5.24. The highest BCUT2D eigenvalue weighted by Crippen LogP contribution is 2.48. The van der Waals surface area contributed by atoms with Crippen LogP contribution in [-0.4, -0.2) is 29.8 Å². The van der Waals surface area contributed by atoms with Crippen molar-refractivity contribution >= 4 is 27.5 Å². The molecule has 1 aromatic carbocycles. The van der Waals surface area contributed by atoms with Crippen LogP contribution in [0.15, 0.2) is 18.2 Å². The first kappa shape index (κ1) is 15.8. The number of nitrogens with one attached hydrogen (secondary N) is 1. The van der Waals surface area contributed by atoms with E-state index in [1.165, 1.54) is 25.3 Å². The molecule has 0 bridgehead atoms. The monoisotopic (exact) mass is 356 g/mol. The summed E-state index contributed by atoms with van der Waals surface area (Å²) in [4.78, 5) is 22.7. The van der Waals surface area contributed by atoms with Crippen LogP contribution >= 0.6 is 15.9 Å². The Labute approximate surface area is 131 Å². The molecule has 0 heterocycles. The minimum atomic E-state index is -0.553. The number of halogens is 1. The van der Waals surface area contributed by atoms with Crippen molar-refractivity contribution in [3.63, 3.8) is 0 Å². The number of para-hydroxylation sites is 1. The number of benzene rings is 1. The molecule has 1 amide bonds. The fraction of sp³-hybridized carbons (Fsp3) is 0.500. The van der Waals surface area contributed by atoms with Gasteiger partial charge >= 0.3 is 5.69 Å². The molecule has 7 heteroatoms. The van der Waals surface area contributed by atoms with Gasteiger partial charge < -0.3 is 10.1 Å². The largest absolute Gasteiger partial charge is 0.490 e. The summed E-state index contributed by atoms with van der Waals surface area (Å²) >= 11 is 3.42. The fourth-order valence-electron chi connectivity index (χ4n) is 2.32. The van der Waals surface area contributed by atoms with E-state index in [-0.39, 0.29) is 28.3 Å². The third-order valence-corrected chi connectivity index (χ3v) is 4.24. The van der Waals surface area contributed by atoms with Gasteiger partial charge in [0.15, 0.2) is 0 Å². The Morgan fingerprint density at radius 3 is 2.76 bits per heavy atom. The van der Waals surface area contributed by atoms with Crippen molar-refractivity contribution in [2.24, 2.45) is 5.41 Å². The van der Waals surface area contributed by atoms with Crippen LogP contribution in [0.25, 0.3) is 0 Å². The van der Waals surface area contributed by atoms with Gasteiger partial charge in [0.05, 0.1) is 17.6 Å². The molecule has 0 atom stereocenters. The van der Waals surface area contributed by atoms with Gasteiger partial charge in [0.25, 0.3) is 5.91 Å². The number of nitro groups is 1. The number of nitrogens with zero attached hydrogens (tertiary/aromatic N) is 1. The van der Waals surface area contributed by atoms with Crippen molar-refractivity contribution in [2.75, 3.05) is 19.0 Å². The van der Waals surface area contributed by atoms with E-state index in [4.69, 9.17) is 4.74 Å². The molecule has 0 spiro atoms. The lowest BCUT2D eigenvalue weighted by Gasteiger charge is -2.15. The number of hydrogen-bond acceptors (Lipinski definition) is 4. The van der Waals surface area contributed by atoms with Crippen molar-refractivity contribution in [1.29, 1.82) is 0 Å². The molecule has 6 nitrogen and oxygen atoms in total. The van der Waals surface area contributed by atoms with Crippen LogP contribution in [0.1, 0.15) is 29.6 Å². The molecular weight excluding hydrogens is 340 g/mol. The van der Waals surface area contributed by atoms with Gasteiger partial charge in [0.2, 0.25) is 5.75 Å². The molecule has 0 aromatic heterocycles. The number of methoxy groups -OCH3 is 1. The van der Waals surface area contributed by atoms with Gasteiger partial charge in [-0.05, 0) is 30.7 Å². The van der Waals surface area contributed by atoms with E-state index in [1.54, 1.807) is 0 Å². The van der Waals surface area contributed by atoms with Gasteiger partial charge in [-0.2, -0.15) is 0 Å². The highest BCUT2D eigenvalue weighted by Gasteiger charge is 2.41. The number of ether oxygens (including phenoxy) is 1. The fourth-order valence-corrected chi connectivity index (χ4v) is 3.16. The first-order valence-corrected chi connectivity index (χ1v) is 7.81. The number of alkyl halides is 1. The average Bonchev–Trinajstić information content (AvgIpc) is 3.24. The van der Waals surface area contributed by atoms with Crippen molar-refractivity contribution < 1.29 is 14.5 Å². The molecule has 114 valence electrons. The lowest BCUT2D eigenvalue weighted by Crippen LogP contribution is -2.30. The molecule has 2 rings (SSSR count). The van der Waals surface area contributed by atoms with Crippen molar-refractivity contribution in [1.82, 2.24) is 5.32 Å². The molecule has 1 N–H and O–H groups in total. The molecular formula is C14H17BrN2O4. The van der Waals surface area contributed by atoms with E-state index < -0.39 is 4.92 Å². The second-order valence-corrected chi connectivity index (χ2v) is 6.03. The minimum absolute atomic E-state index is 0.00494. The van der Waals surface area contributed by atoms with Crippen LogP contribution in [0, 0.1) is 15.5 Å². The summed E-state index contributed by atoms with van der Waals surface area (Å²) in [7, 11) is 1.33. The van der Waals surface area contributed by atoms with E-state index in [2.05, 4.69) is 21.2 Å². The van der Waals surface area contributed by atoms with Gasteiger partial charge in [0, 0.05) is 17.9 Å². The minimum Gasteiger partial charge on any atom is -0.490 e. The van der Waals surface area contributed by atoms with Crippen molar-refractivity contribution in [3.8, 4) is 5.75 Å². The quantitative estimate of drug-likeness (QED) is 0.462. The third kappa shape index (κ3) is 3.53. The molecule has 1 saturated carbocycles. The Morgan fingerprint density at radius 2 is 2.24 bits per heavy atom. The van der Waals surface area contributed by atoms with Crippen molar-refractivity contribution in [2.45, 2.75) is 19.3 Å². The van der Waals surface area contributed by atoms with Crippen LogP contribution in [0.2, 0.25) is 0 Å². The molecule has 0 radical (unpaired) electrons. The lowest BCUT2D eigenvalue weighted by molar-refractivity contribution is -0.385. The van der Waals surface area contributed by atoms with E-state index in [0.717, 1.165) is 24.6 Å². The molecule has 1 aliphatic carbocycles. The van der Waals surface area contributed by atoms with Gasteiger partial charge in [-0.15, -0.1) is 0 Å². The summed E-state index contributed by atoms with van der Waals surface area (Å²) in [5, 5.41) is 14.7. The standard InChI is InChI=1S/C14H17BrN2O4/c1-21-12-10(3-2-4-11(12)17(19)20)13(18)16-9-14(5-6-14)7-8-15/h2-4H,5-9H2,1H3,(H,16,18). The molecule has 0 saturated heterocycles. The Morgan fingerprint density at radius 1 is 1.52 bits per heavy atom. The number of carbonyl (C=O) groups is 1. The van der Waals surface area contributed by atoms with Gasteiger partial charge in [0.1, 0.15) is 0 Å². The highest BCUT2D eigenvalue weighted by atomic mass is 79.9. The maximum absolute atomic E-state index is 12.3. The summed E-state index contributed by atoms with van der Waals surface area (Å²) in [6, 6.07) is 4.34. The number of hydrogen-bond donors (Lipinski definition) is 1. The Kier molecular flexibility index (Phi) is 4.82. The molecule has 1 fully saturated rings. The van der Waals surface area contributed by atoms with Gasteiger partial charge in [-0.3, -0.25) is 14.9 Å². The normalized spacial score (nSPS) is 15.3. The van der Waals surface area contributed by atoms with E-state index in [9.17, 15) is 14.9 Å². The number of rotatable bonds is 7. The summed E-state index contributed by atoms with van der Waals surface area (Å²) < 4.78 is 5.04. The molecule has 21 heavy (non-hydrogen) atoms. The van der Waals surface area contributed by atoms with E-state index in [0.29, 0.717) is 6.54 Å². The summed E-state index contributed by atoms with van der Waals surface area (Å²) in [6.07, 6.45) is 3.22. The average molecular weight is 357 g/mol. The first-order chi connectivity index (χ1) is 10.0. The number of amides is 1. The highest BCUT2D eigenvalue weighted by molar-refractivity contribution is 9.09. The third-order valence-electron chi connectivity index (χ3n) is 3.85. The number of nitro benzene ring substituents is 1. The van der Waals surface area contributed by atoms with Crippen LogP contribution in [0.3, 0.4) is 0 Å². The first-order valence-electron chi connectivity index (χ1n) is 6.68. The molecule has 0 unspecified atom stereocenters. The SMILES string of the molecule is COc1c(C(=O)NCC2(CCBr)CC2)cccc1[N+](=O)[O-]. The zero-order chi connectivity index (χ0) is 15.5. The predicted molar refractivity (Wildman–Crippen MR) is 82.1 cm³/mol. The summed E-state index contributed by atoms with van der Waals surface area (Å²) in [6.45, 7) is 0.587. The van der Waals surface area contributed by atoms with E-state index in [1.807, 2.05) is 0 Å². The van der Waals surface area contributed by atoms with Crippen molar-refractivity contribution in [3.05, 3.63) is 33.9 Å². The van der Waals surface area contributed by atoms with Crippen LogP contribution in [-0.2, 0) is 0 Å². The maximum atomic E-state index is 12.3. The van der Waals surface area contributed by atoms with Crippen LogP contribution in [0.5, 0.6) is 5.75 Å². The Balaban J connectivity index is 2.12. The Bertz CT molecular complexity index is 558. The molecule has 0 aliphatic heterocycles. The van der Waals surface area contributed by atoms with Gasteiger partial charge in [-0.25, -0.2) is 0 Å². The predicted octanol–water partition coefficient (Wildman–Crippen LogP) is 2.90. The summed E-state index contributed by atoms with van der Waals surface area (Å²) in [5.41, 5.74) is 0.181. The lowest BCUT2D eigenvalue weighted by atomic mass is 10.0. The van der Waals surface area contributed by atoms with Crippen LogP contribution in [0.4, 0.5) is 5.69 Å². The summed E-state index contributed by atoms with van der Waals surface area (Å²) in [5.74, 6) is -0.332. The van der Waals surface area contributed by atoms with E-state index >= 15 is 0 Å². The maximum Gasteiger partial charge on any atom is 0.311 e. The zero-order valence-electron chi connectivity index (χ0n) is 11.7. The van der Waals surface area contributed by atoms with Crippen LogP contribution < -0.4 is 10.1 Å². The zero-order valence-corrected chi connectivity index (χ0v) is 13.3. The topological polar surface area (TPSA) is 81.5 Å². The molecule has 1 aliphatic rings. The Hall–Kier alpha value is -1.63. The molecule has 1 aromatic rings. The smallest absolute Gasteiger partial charge is 0.311 e. The number of carbonyl (C=O) groups excluding carboxylic acids is 1.